The minimum absolute atomic E-state index is 0.468. The molecule has 0 radical (unpaired) electrons. The van der Waals surface area contributed by atoms with E-state index in [0.29, 0.717) is 12.8 Å². The second kappa shape index (κ2) is 6.34. The molecule has 21 heavy (non-hydrogen) atoms. The third-order valence-corrected chi connectivity index (χ3v) is 6.97. The molecule has 1 atom stereocenters. The van der Waals surface area contributed by atoms with Crippen LogP contribution < -0.4 is 0 Å². The van der Waals surface area contributed by atoms with Gasteiger partial charge in [-0.3, -0.25) is 4.79 Å². The van der Waals surface area contributed by atoms with Gasteiger partial charge in [-0.1, -0.05) is 12.8 Å². The van der Waals surface area contributed by atoms with Crippen molar-refractivity contribution in [1.82, 2.24) is 4.90 Å². The monoisotopic (exact) mass is 319 g/mol. The second-order valence-electron chi connectivity index (χ2n) is 5.91. The van der Waals surface area contributed by atoms with Crippen molar-refractivity contribution in [3.63, 3.8) is 0 Å². The molecule has 0 aromatic heterocycles. The van der Waals surface area contributed by atoms with E-state index in [4.69, 9.17) is 4.74 Å². The van der Waals surface area contributed by atoms with E-state index in [1.54, 1.807) is 13.8 Å². The molecule has 1 amide bonds. The van der Waals surface area contributed by atoms with Gasteiger partial charge in [0.2, 0.25) is 5.91 Å². The minimum Gasteiger partial charge on any atom is -0.467 e. The third kappa shape index (κ3) is 3.07. The maximum absolute atomic E-state index is 12.5. The maximum Gasteiger partial charge on any atom is 0.331 e. The van der Waals surface area contributed by atoms with E-state index in [1.165, 1.54) is 26.0 Å². The molecule has 7 heteroatoms. The Morgan fingerprint density at radius 3 is 2.00 bits per heavy atom. The molecule has 0 heterocycles. The lowest BCUT2D eigenvalue weighted by molar-refractivity contribution is -0.160. The van der Waals surface area contributed by atoms with Gasteiger partial charge in [-0.15, -0.1) is 0 Å². The second-order valence-corrected chi connectivity index (χ2v) is 8.74. The van der Waals surface area contributed by atoms with Crippen LogP contribution in [0.15, 0.2) is 0 Å². The van der Waals surface area contributed by atoms with E-state index < -0.39 is 37.8 Å². The summed E-state index contributed by atoms with van der Waals surface area (Å²) >= 11 is 0. The first-order valence-electron chi connectivity index (χ1n) is 7.20. The third-order valence-electron chi connectivity index (χ3n) is 4.47. The van der Waals surface area contributed by atoms with Crippen LogP contribution in [0.3, 0.4) is 0 Å². The number of nitrogens with zero attached hydrogens (tertiary/aromatic N) is 1. The molecule has 122 valence electrons. The van der Waals surface area contributed by atoms with Crippen LogP contribution in [0.5, 0.6) is 0 Å². The van der Waals surface area contributed by atoms with Crippen molar-refractivity contribution >= 4 is 21.7 Å². The van der Waals surface area contributed by atoms with Crippen LogP contribution in [-0.2, 0) is 24.2 Å². The molecule has 0 aromatic carbocycles. The predicted octanol–water partition coefficient (Wildman–Crippen LogP) is 1.14. The van der Waals surface area contributed by atoms with E-state index in [1.807, 2.05) is 0 Å². The summed E-state index contributed by atoms with van der Waals surface area (Å²) in [7, 11) is -0.770. The number of hydrogen-bond acceptors (Lipinski definition) is 5. The van der Waals surface area contributed by atoms with Crippen molar-refractivity contribution in [2.45, 2.75) is 62.5 Å². The first-order chi connectivity index (χ1) is 9.61. The molecule has 0 saturated heterocycles. The summed E-state index contributed by atoms with van der Waals surface area (Å²) in [5, 5.41) is -1.80. The number of carbonyl (C=O) groups is 2. The van der Waals surface area contributed by atoms with E-state index in [9.17, 15) is 18.0 Å². The first-order valence-corrected chi connectivity index (χ1v) is 8.81. The normalized spacial score (nSPS) is 19.3. The average Bonchev–Trinajstić information content (AvgIpc) is 2.94. The highest BCUT2D eigenvalue weighted by Gasteiger charge is 2.49. The van der Waals surface area contributed by atoms with Crippen molar-refractivity contribution in [2.24, 2.45) is 0 Å². The number of amides is 1. The van der Waals surface area contributed by atoms with Gasteiger partial charge in [-0.2, -0.15) is 0 Å². The minimum atomic E-state index is -3.55. The number of sulfone groups is 1. The number of carbonyl (C=O) groups excluding carboxylic acids is 2. The Morgan fingerprint density at radius 1 is 1.14 bits per heavy atom. The standard InChI is InChI=1S/C14H25NO5S/c1-10(2)21(18,19)11(3)12(16)15(4)14(13(17)20-5)8-6-7-9-14/h10-11H,6-9H2,1-5H3. The molecule has 0 bridgehead atoms. The molecular weight excluding hydrogens is 294 g/mol. The zero-order chi connectivity index (χ0) is 16.4. The first kappa shape index (κ1) is 17.9. The molecule has 1 aliphatic carbocycles. The van der Waals surface area contributed by atoms with Crippen LogP contribution in [0.4, 0.5) is 0 Å². The Hall–Kier alpha value is -1.11. The van der Waals surface area contributed by atoms with E-state index in [0.717, 1.165) is 12.8 Å². The van der Waals surface area contributed by atoms with E-state index in [-0.39, 0.29) is 0 Å². The predicted molar refractivity (Wildman–Crippen MR) is 79.5 cm³/mol. The van der Waals surface area contributed by atoms with Crippen LogP contribution in [0.1, 0.15) is 46.5 Å². The van der Waals surface area contributed by atoms with Crippen LogP contribution in [-0.4, -0.2) is 55.4 Å². The summed E-state index contributed by atoms with van der Waals surface area (Å²) in [6.07, 6.45) is 2.66. The molecule has 1 rings (SSSR count). The molecule has 1 saturated carbocycles. The Balaban J connectivity index is 3.08. The number of rotatable bonds is 5. The van der Waals surface area contributed by atoms with Gasteiger partial charge < -0.3 is 9.64 Å². The number of esters is 1. The number of likely N-dealkylation sites (N-methyl/N-ethyl adjacent to an activating group) is 1. The highest BCUT2D eigenvalue weighted by molar-refractivity contribution is 7.93. The molecule has 1 aliphatic rings. The summed E-state index contributed by atoms with van der Waals surface area (Å²) < 4.78 is 29.2. The number of ether oxygens (including phenoxy) is 1. The highest BCUT2D eigenvalue weighted by atomic mass is 32.2. The number of hydrogen-bond donors (Lipinski definition) is 0. The fourth-order valence-corrected chi connectivity index (χ4v) is 4.11. The van der Waals surface area contributed by atoms with Gasteiger partial charge in [0.1, 0.15) is 10.8 Å². The van der Waals surface area contributed by atoms with Gasteiger partial charge in [-0.05, 0) is 33.6 Å². The molecule has 0 aliphatic heterocycles. The van der Waals surface area contributed by atoms with Gasteiger partial charge in [0.15, 0.2) is 9.84 Å². The fraction of sp³-hybridized carbons (Fsp3) is 0.857. The zero-order valence-corrected chi connectivity index (χ0v) is 14.2. The highest BCUT2D eigenvalue weighted by Crippen LogP contribution is 2.36. The zero-order valence-electron chi connectivity index (χ0n) is 13.4. The van der Waals surface area contributed by atoms with Crippen molar-refractivity contribution in [3.05, 3.63) is 0 Å². The molecule has 0 spiro atoms. The Labute approximate surface area is 126 Å². The Morgan fingerprint density at radius 2 is 1.62 bits per heavy atom. The lowest BCUT2D eigenvalue weighted by Crippen LogP contribution is -2.57. The lowest BCUT2D eigenvalue weighted by Gasteiger charge is -2.37. The summed E-state index contributed by atoms with van der Waals surface area (Å²) in [4.78, 5) is 26.0. The maximum atomic E-state index is 12.5. The molecule has 6 nitrogen and oxygen atoms in total. The van der Waals surface area contributed by atoms with Crippen molar-refractivity contribution < 1.29 is 22.7 Å². The van der Waals surface area contributed by atoms with E-state index >= 15 is 0 Å². The Kier molecular flexibility index (Phi) is 5.41. The van der Waals surface area contributed by atoms with Crippen LogP contribution in [0.25, 0.3) is 0 Å². The molecule has 0 N–H and O–H groups in total. The average molecular weight is 319 g/mol. The van der Waals surface area contributed by atoms with Gasteiger partial charge in [0.05, 0.1) is 12.4 Å². The van der Waals surface area contributed by atoms with Crippen LogP contribution in [0.2, 0.25) is 0 Å². The fourth-order valence-electron chi connectivity index (χ4n) is 2.86. The number of methoxy groups -OCH3 is 1. The van der Waals surface area contributed by atoms with Crippen molar-refractivity contribution in [2.75, 3.05) is 14.2 Å². The SMILES string of the molecule is COC(=O)C1(N(C)C(=O)C(C)S(=O)(=O)C(C)C)CCCC1. The molecule has 0 aromatic rings. The van der Waals surface area contributed by atoms with Gasteiger partial charge in [0.25, 0.3) is 0 Å². The molecule has 1 unspecified atom stereocenters. The van der Waals surface area contributed by atoms with Crippen molar-refractivity contribution in [3.8, 4) is 0 Å². The van der Waals surface area contributed by atoms with Crippen LogP contribution in [0, 0.1) is 0 Å². The largest absolute Gasteiger partial charge is 0.467 e. The Bertz CT molecular complexity index is 505. The van der Waals surface area contributed by atoms with Gasteiger partial charge in [0, 0.05) is 7.05 Å². The summed E-state index contributed by atoms with van der Waals surface area (Å²) in [5.41, 5.74) is -1.02. The quantitative estimate of drug-likeness (QED) is 0.710. The molecule has 1 fully saturated rings. The topological polar surface area (TPSA) is 80.8 Å². The summed E-state index contributed by atoms with van der Waals surface area (Å²) in [5.74, 6) is -1.01. The van der Waals surface area contributed by atoms with Crippen LogP contribution >= 0.6 is 0 Å². The molecular formula is C14H25NO5S. The lowest BCUT2D eigenvalue weighted by atomic mass is 9.95. The van der Waals surface area contributed by atoms with Gasteiger partial charge >= 0.3 is 5.97 Å². The summed E-state index contributed by atoms with van der Waals surface area (Å²) in [6, 6.07) is 0. The van der Waals surface area contributed by atoms with Gasteiger partial charge in [-0.25, -0.2) is 13.2 Å². The summed E-state index contributed by atoms with van der Waals surface area (Å²) in [6.45, 7) is 4.48. The van der Waals surface area contributed by atoms with Crippen molar-refractivity contribution in [1.29, 1.82) is 0 Å². The smallest absolute Gasteiger partial charge is 0.331 e. The van der Waals surface area contributed by atoms with E-state index in [2.05, 4.69) is 0 Å².